The molecule has 2 unspecified atom stereocenters. The number of aliphatic hydroxyl groups is 1. The van der Waals surface area contributed by atoms with E-state index in [-0.39, 0.29) is 17.2 Å². The van der Waals surface area contributed by atoms with Crippen LogP contribution in [0.1, 0.15) is 44.8 Å². The Balaban J connectivity index is 1.62. The first-order chi connectivity index (χ1) is 13.1. The van der Waals surface area contributed by atoms with Gasteiger partial charge in [-0.05, 0) is 42.0 Å². The van der Waals surface area contributed by atoms with Crippen molar-refractivity contribution in [2.45, 2.75) is 12.5 Å². The summed E-state index contributed by atoms with van der Waals surface area (Å²) in [5.41, 5.74) is 1.14. The van der Waals surface area contributed by atoms with Crippen LogP contribution in [0.5, 0.6) is 0 Å². The minimum Gasteiger partial charge on any atom is -0.381 e. The lowest BCUT2D eigenvalue weighted by Gasteiger charge is -2.13. The van der Waals surface area contributed by atoms with Gasteiger partial charge < -0.3 is 15.2 Å². The Hall–Kier alpha value is -2.64. The fraction of sp³-hybridized carbons (Fsp3) is 0.400. The van der Waals surface area contributed by atoms with Gasteiger partial charge in [0.25, 0.3) is 5.91 Å². The van der Waals surface area contributed by atoms with Gasteiger partial charge in [0, 0.05) is 25.2 Å². The first-order valence-corrected chi connectivity index (χ1v) is 9.02. The van der Waals surface area contributed by atoms with E-state index in [1.807, 2.05) is 0 Å². The van der Waals surface area contributed by atoms with E-state index < -0.39 is 12.0 Å². The first-order valence-electron chi connectivity index (χ1n) is 9.02. The molecular formula is C20H21N3O4. The fourth-order valence-corrected chi connectivity index (χ4v) is 3.78. The maximum atomic E-state index is 12.8. The number of aromatic nitrogens is 2. The number of Topliss-reactive ketones (excluding diaryl/α,β-unsaturated/α-hetero) is 1. The molecule has 1 aliphatic heterocycles. The average Bonchev–Trinajstić information content (AvgIpc) is 3.13. The van der Waals surface area contributed by atoms with Crippen LogP contribution >= 0.6 is 0 Å². The first kappa shape index (κ1) is 17.8. The van der Waals surface area contributed by atoms with Gasteiger partial charge in [-0.2, -0.15) is 0 Å². The Morgan fingerprint density at radius 1 is 1.26 bits per heavy atom. The zero-order valence-corrected chi connectivity index (χ0v) is 15.0. The highest BCUT2D eigenvalue weighted by Crippen LogP contribution is 2.52. The highest BCUT2D eigenvalue weighted by molar-refractivity contribution is 6.00. The molecule has 140 valence electrons. The molecule has 1 amide bonds. The Bertz CT molecular complexity index is 861. The minimum absolute atomic E-state index is 0.0450. The van der Waals surface area contributed by atoms with Crippen LogP contribution in [0, 0.1) is 17.8 Å². The predicted octanol–water partition coefficient (Wildman–Crippen LogP) is 1.38. The van der Waals surface area contributed by atoms with Gasteiger partial charge in [0.15, 0.2) is 5.78 Å². The Morgan fingerprint density at radius 3 is 2.70 bits per heavy atom. The highest BCUT2D eigenvalue weighted by Gasteiger charge is 2.54. The molecule has 7 nitrogen and oxygen atoms in total. The molecule has 0 spiro atoms. The van der Waals surface area contributed by atoms with Gasteiger partial charge in [-0.15, -0.1) is 0 Å². The smallest absolute Gasteiger partial charge is 0.269 e. The molecule has 2 aromatic rings. The number of carbonyl (C=O) groups is 2. The third-order valence-corrected chi connectivity index (χ3v) is 5.43. The quantitative estimate of drug-likeness (QED) is 0.748. The number of rotatable bonds is 6. The lowest BCUT2D eigenvalue weighted by molar-refractivity contribution is 0.0950. The Labute approximate surface area is 156 Å². The molecule has 1 saturated heterocycles. The van der Waals surface area contributed by atoms with Gasteiger partial charge >= 0.3 is 0 Å². The lowest BCUT2D eigenvalue weighted by atomic mass is 10.0. The van der Waals surface area contributed by atoms with Crippen molar-refractivity contribution in [2.75, 3.05) is 20.3 Å². The topological polar surface area (TPSA) is 101 Å². The van der Waals surface area contributed by atoms with E-state index >= 15 is 0 Å². The van der Waals surface area contributed by atoms with Crippen LogP contribution in [0.4, 0.5) is 0 Å². The number of carbonyl (C=O) groups excluding carboxylic acids is 2. The van der Waals surface area contributed by atoms with Crippen LogP contribution in [0.3, 0.4) is 0 Å². The second-order valence-corrected chi connectivity index (χ2v) is 7.06. The van der Waals surface area contributed by atoms with Crippen molar-refractivity contribution in [3.05, 3.63) is 59.2 Å². The van der Waals surface area contributed by atoms with Gasteiger partial charge in [-0.1, -0.05) is 6.07 Å². The van der Waals surface area contributed by atoms with Crippen LogP contribution in [-0.4, -0.2) is 47.0 Å². The lowest BCUT2D eigenvalue weighted by Crippen LogP contribution is -2.21. The second-order valence-electron chi connectivity index (χ2n) is 7.06. The number of nitrogens with one attached hydrogen (secondary N) is 1. The van der Waals surface area contributed by atoms with Gasteiger partial charge in [-0.25, -0.2) is 4.98 Å². The van der Waals surface area contributed by atoms with Crippen molar-refractivity contribution >= 4 is 11.7 Å². The summed E-state index contributed by atoms with van der Waals surface area (Å²) in [4.78, 5) is 33.3. The van der Waals surface area contributed by atoms with E-state index in [2.05, 4.69) is 15.3 Å². The van der Waals surface area contributed by atoms with E-state index in [1.165, 1.54) is 13.1 Å². The number of aliphatic hydroxyl groups excluding tert-OH is 1. The number of hydrogen-bond donors (Lipinski definition) is 2. The molecule has 1 saturated carbocycles. The molecule has 4 atom stereocenters. The number of ether oxygens (including phenoxy) is 1. The number of pyridine rings is 2. The molecule has 4 rings (SSSR count). The Kier molecular flexibility index (Phi) is 4.72. The van der Waals surface area contributed by atoms with Crippen LogP contribution < -0.4 is 5.32 Å². The third kappa shape index (κ3) is 3.48. The molecule has 0 bridgehead atoms. The van der Waals surface area contributed by atoms with E-state index in [0.717, 1.165) is 13.2 Å². The maximum Gasteiger partial charge on any atom is 0.269 e. The highest BCUT2D eigenvalue weighted by atomic mass is 16.5. The Morgan fingerprint density at radius 2 is 2.04 bits per heavy atom. The van der Waals surface area contributed by atoms with E-state index in [4.69, 9.17) is 4.74 Å². The number of amides is 1. The van der Waals surface area contributed by atoms with Gasteiger partial charge in [0.05, 0.1) is 24.6 Å². The van der Waals surface area contributed by atoms with Crippen molar-refractivity contribution in [1.29, 1.82) is 0 Å². The monoisotopic (exact) mass is 367 g/mol. The SMILES string of the molecule is CNC(=O)c1cc(C(=O)CC2[C@H]3COC[C@@H]23)cc(C(O)c2ccccn2)n1. The van der Waals surface area contributed by atoms with Crippen LogP contribution in [-0.2, 0) is 4.74 Å². The van der Waals surface area contributed by atoms with Gasteiger partial charge in [0.1, 0.15) is 11.8 Å². The molecular weight excluding hydrogens is 346 g/mol. The molecule has 2 aromatic heterocycles. The van der Waals surface area contributed by atoms with E-state index in [0.29, 0.717) is 35.4 Å². The summed E-state index contributed by atoms with van der Waals surface area (Å²) in [6.07, 6.45) is 0.881. The molecule has 0 radical (unpaired) electrons. The van der Waals surface area contributed by atoms with Crippen molar-refractivity contribution in [3.8, 4) is 0 Å². The number of hydrogen-bond acceptors (Lipinski definition) is 6. The molecule has 1 aliphatic carbocycles. The summed E-state index contributed by atoms with van der Waals surface area (Å²) < 4.78 is 5.37. The third-order valence-electron chi connectivity index (χ3n) is 5.43. The summed E-state index contributed by atoms with van der Waals surface area (Å²) in [6, 6.07) is 8.23. The standard InChI is InChI=1S/C20H21N3O4/c1-21-20(26)17-7-11(18(24)8-12-13-9-27-10-14(12)13)6-16(23-17)19(25)15-4-2-3-5-22-15/h2-7,12-14,19,25H,8-10H2,1H3,(H,21,26)/t12?,13-,14+,19?. The molecule has 27 heavy (non-hydrogen) atoms. The molecule has 3 heterocycles. The summed E-state index contributed by atoms with van der Waals surface area (Å²) in [6.45, 7) is 1.46. The van der Waals surface area contributed by atoms with E-state index in [1.54, 1.807) is 30.5 Å². The van der Waals surface area contributed by atoms with Crippen LogP contribution in [0.25, 0.3) is 0 Å². The van der Waals surface area contributed by atoms with Crippen molar-refractivity contribution in [2.24, 2.45) is 17.8 Å². The molecule has 2 aliphatic rings. The van der Waals surface area contributed by atoms with Crippen molar-refractivity contribution < 1.29 is 19.4 Å². The molecule has 7 heteroatoms. The fourth-order valence-electron chi connectivity index (χ4n) is 3.78. The predicted molar refractivity (Wildman–Crippen MR) is 96.2 cm³/mol. The van der Waals surface area contributed by atoms with Crippen molar-refractivity contribution in [3.63, 3.8) is 0 Å². The normalized spacial score (nSPS) is 24.1. The largest absolute Gasteiger partial charge is 0.381 e. The zero-order valence-electron chi connectivity index (χ0n) is 15.0. The van der Waals surface area contributed by atoms with E-state index in [9.17, 15) is 14.7 Å². The molecule has 0 aromatic carbocycles. The summed E-state index contributed by atoms with van der Waals surface area (Å²) in [7, 11) is 1.50. The summed E-state index contributed by atoms with van der Waals surface area (Å²) >= 11 is 0. The van der Waals surface area contributed by atoms with Gasteiger partial charge in [-0.3, -0.25) is 14.6 Å². The number of fused-ring (bicyclic) bond motifs is 1. The van der Waals surface area contributed by atoms with Crippen LogP contribution in [0.15, 0.2) is 36.5 Å². The number of nitrogens with zero attached hydrogens (tertiary/aromatic N) is 2. The number of ketones is 1. The second kappa shape index (κ2) is 7.17. The van der Waals surface area contributed by atoms with Crippen molar-refractivity contribution in [1.82, 2.24) is 15.3 Å². The molecule has 2 N–H and O–H groups in total. The maximum absolute atomic E-state index is 12.8. The molecule has 2 fully saturated rings. The van der Waals surface area contributed by atoms with Crippen LogP contribution in [0.2, 0.25) is 0 Å². The minimum atomic E-state index is -1.11. The summed E-state index contributed by atoms with van der Waals surface area (Å²) in [5, 5.41) is 13.1. The zero-order chi connectivity index (χ0) is 19.0. The average molecular weight is 367 g/mol. The summed E-state index contributed by atoms with van der Waals surface area (Å²) in [5.74, 6) is 0.861. The van der Waals surface area contributed by atoms with Gasteiger partial charge in [0.2, 0.25) is 0 Å².